The predicted molar refractivity (Wildman–Crippen MR) is 134 cm³/mol. The van der Waals surface area contributed by atoms with Crippen LogP contribution in [0.4, 0.5) is 5.69 Å². The van der Waals surface area contributed by atoms with Crippen LogP contribution < -0.4 is 14.4 Å². The Bertz CT molecular complexity index is 1200. The molecule has 0 aliphatic carbocycles. The van der Waals surface area contributed by atoms with E-state index < -0.39 is 10.0 Å². The number of halogens is 1. The number of hydrogen-bond donors (Lipinski definition) is 1. The molecule has 3 rings (SSSR count). The number of amides is 1. The fourth-order valence-corrected chi connectivity index (χ4v) is 5.58. The molecule has 0 heterocycles. The van der Waals surface area contributed by atoms with E-state index in [0.29, 0.717) is 22.3 Å². The normalized spacial score (nSPS) is 12.1. The van der Waals surface area contributed by atoms with Crippen LogP contribution in [0.2, 0.25) is 0 Å². The van der Waals surface area contributed by atoms with Gasteiger partial charge in [0.2, 0.25) is 5.91 Å². The highest BCUT2D eigenvalue weighted by Crippen LogP contribution is 2.31. The average molecular weight is 531 g/mol. The summed E-state index contributed by atoms with van der Waals surface area (Å²) in [5, 5.41) is 2.97. The molecule has 1 unspecified atom stereocenters. The van der Waals surface area contributed by atoms with E-state index in [2.05, 4.69) is 21.2 Å². The second-order valence-corrected chi connectivity index (χ2v) is 10.3. The van der Waals surface area contributed by atoms with Crippen molar-refractivity contribution in [3.05, 3.63) is 88.4 Å². The maximum atomic E-state index is 13.6. The lowest BCUT2D eigenvalue weighted by Gasteiger charge is -2.26. The molecule has 0 saturated heterocycles. The number of hydrogen-bond acceptors (Lipinski definition) is 4. The number of ether oxygens (including phenoxy) is 1. The minimum absolute atomic E-state index is 0.0543. The van der Waals surface area contributed by atoms with Crippen LogP contribution in [0, 0.1) is 6.92 Å². The number of benzene rings is 3. The Hall–Kier alpha value is -2.84. The molecule has 0 fully saturated rings. The minimum atomic E-state index is -4.03. The Morgan fingerprint density at radius 1 is 1.06 bits per heavy atom. The fraction of sp³-hybridized carbons (Fsp3) is 0.240. The van der Waals surface area contributed by atoms with Gasteiger partial charge in [0.05, 0.1) is 28.2 Å². The van der Waals surface area contributed by atoms with E-state index >= 15 is 0 Å². The van der Waals surface area contributed by atoms with Gasteiger partial charge in [0, 0.05) is 0 Å². The number of methoxy groups -OCH3 is 1. The number of aryl methyl sites for hydroxylation is 1. The second-order valence-electron chi connectivity index (χ2n) is 7.58. The first-order chi connectivity index (χ1) is 15.8. The number of carbonyl (C=O) groups excluding carboxylic acids is 1. The monoisotopic (exact) mass is 530 g/mol. The zero-order valence-corrected chi connectivity index (χ0v) is 21.2. The average Bonchev–Trinajstić information content (AvgIpc) is 2.82. The van der Waals surface area contributed by atoms with Crippen molar-refractivity contribution in [1.29, 1.82) is 0 Å². The molecule has 0 aliphatic heterocycles. The zero-order chi connectivity index (χ0) is 24.0. The molecule has 33 heavy (non-hydrogen) atoms. The van der Waals surface area contributed by atoms with Crippen molar-refractivity contribution in [3.8, 4) is 5.75 Å². The van der Waals surface area contributed by atoms with Crippen molar-refractivity contribution in [1.82, 2.24) is 5.32 Å². The summed E-state index contributed by atoms with van der Waals surface area (Å²) < 4.78 is 34.1. The van der Waals surface area contributed by atoms with Crippen LogP contribution in [-0.4, -0.2) is 28.0 Å². The van der Waals surface area contributed by atoms with Gasteiger partial charge in [-0.05, 0) is 65.2 Å². The van der Waals surface area contributed by atoms with Gasteiger partial charge in [-0.25, -0.2) is 8.42 Å². The fourth-order valence-electron chi connectivity index (χ4n) is 3.44. The quantitative estimate of drug-likeness (QED) is 0.411. The summed E-state index contributed by atoms with van der Waals surface area (Å²) in [5.74, 6) is 0.129. The van der Waals surface area contributed by atoms with Crippen molar-refractivity contribution in [3.63, 3.8) is 0 Å². The summed E-state index contributed by atoms with van der Waals surface area (Å²) in [5.41, 5.74) is 2.37. The summed E-state index contributed by atoms with van der Waals surface area (Å²) in [6, 6.07) is 21.0. The standard InChI is InChI=1S/C25H27BrN2O4S/c1-4-23(19-8-6-5-7-9-19)27-25(29)17-28(20-12-10-18(2)11-13-20)33(30,31)21-14-15-24(32-3)22(26)16-21/h5-16,23H,4,17H2,1-3H3,(H,27,29). The summed E-state index contributed by atoms with van der Waals surface area (Å²) in [6.45, 7) is 3.54. The summed E-state index contributed by atoms with van der Waals surface area (Å²) in [7, 11) is -2.52. The molecule has 0 aliphatic rings. The van der Waals surface area contributed by atoms with Crippen LogP contribution in [0.5, 0.6) is 5.75 Å². The minimum Gasteiger partial charge on any atom is -0.496 e. The van der Waals surface area contributed by atoms with Crippen LogP contribution in [-0.2, 0) is 14.8 Å². The first kappa shape index (κ1) is 24.8. The van der Waals surface area contributed by atoms with Gasteiger partial charge in [0.15, 0.2) is 0 Å². The first-order valence-electron chi connectivity index (χ1n) is 10.5. The maximum Gasteiger partial charge on any atom is 0.264 e. The van der Waals surface area contributed by atoms with E-state index in [4.69, 9.17) is 4.74 Å². The van der Waals surface area contributed by atoms with Crippen molar-refractivity contribution < 1.29 is 17.9 Å². The van der Waals surface area contributed by atoms with E-state index in [9.17, 15) is 13.2 Å². The third kappa shape index (κ3) is 5.94. The summed E-state index contributed by atoms with van der Waals surface area (Å²) >= 11 is 3.35. The van der Waals surface area contributed by atoms with Crippen LogP contribution in [0.25, 0.3) is 0 Å². The van der Waals surface area contributed by atoms with E-state index in [1.165, 1.54) is 19.2 Å². The lowest BCUT2D eigenvalue weighted by molar-refractivity contribution is -0.120. The topological polar surface area (TPSA) is 75.7 Å². The number of rotatable bonds is 9. The van der Waals surface area contributed by atoms with E-state index in [-0.39, 0.29) is 23.4 Å². The van der Waals surface area contributed by atoms with Gasteiger partial charge < -0.3 is 10.1 Å². The van der Waals surface area contributed by atoms with E-state index in [1.54, 1.807) is 18.2 Å². The molecule has 3 aromatic carbocycles. The molecule has 0 spiro atoms. The Balaban J connectivity index is 1.94. The predicted octanol–water partition coefficient (Wildman–Crippen LogP) is 5.23. The molecule has 0 saturated carbocycles. The van der Waals surface area contributed by atoms with Crippen LogP contribution in [0.3, 0.4) is 0 Å². The molecule has 6 nitrogen and oxygen atoms in total. The van der Waals surface area contributed by atoms with Gasteiger partial charge in [0.1, 0.15) is 12.3 Å². The maximum absolute atomic E-state index is 13.6. The molecule has 0 bridgehead atoms. The van der Waals surface area contributed by atoms with Gasteiger partial charge in [-0.3, -0.25) is 9.10 Å². The van der Waals surface area contributed by atoms with Gasteiger partial charge in [0.25, 0.3) is 10.0 Å². The van der Waals surface area contributed by atoms with Crippen LogP contribution >= 0.6 is 15.9 Å². The van der Waals surface area contributed by atoms with Crippen LogP contribution in [0.15, 0.2) is 82.2 Å². The van der Waals surface area contributed by atoms with Gasteiger partial charge in [-0.2, -0.15) is 0 Å². The Kier molecular flexibility index (Phi) is 8.15. The van der Waals surface area contributed by atoms with Crippen molar-refractivity contribution in [2.45, 2.75) is 31.2 Å². The highest BCUT2D eigenvalue weighted by atomic mass is 79.9. The third-order valence-electron chi connectivity index (χ3n) is 5.27. The Morgan fingerprint density at radius 3 is 2.30 bits per heavy atom. The van der Waals surface area contributed by atoms with Crippen molar-refractivity contribution >= 4 is 37.5 Å². The highest BCUT2D eigenvalue weighted by Gasteiger charge is 2.28. The van der Waals surface area contributed by atoms with E-state index in [1.807, 2.05) is 56.3 Å². The van der Waals surface area contributed by atoms with E-state index in [0.717, 1.165) is 15.4 Å². The number of nitrogens with zero attached hydrogens (tertiary/aromatic N) is 1. The summed E-state index contributed by atoms with van der Waals surface area (Å²) in [4.78, 5) is 13.1. The summed E-state index contributed by atoms with van der Waals surface area (Å²) in [6.07, 6.45) is 0.679. The van der Waals surface area contributed by atoms with Crippen molar-refractivity contribution in [2.75, 3.05) is 18.0 Å². The largest absolute Gasteiger partial charge is 0.496 e. The molecule has 3 aromatic rings. The SMILES string of the molecule is CCC(NC(=O)CN(c1ccc(C)cc1)S(=O)(=O)c1ccc(OC)c(Br)c1)c1ccccc1. The molecule has 0 radical (unpaired) electrons. The molecule has 1 atom stereocenters. The molecule has 174 valence electrons. The number of nitrogens with one attached hydrogen (secondary N) is 1. The molecular weight excluding hydrogens is 504 g/mol. The number of carbonyl (C=O) groups is 1. The lowest BCUT2D eigenvalue weighted by atomic mass is 10.0. The van der Waals surface area contributed by atoms with Gasteiger partial charge >= 0.3 is 0 Å². The second kappa shape index (κ2) is 10.9. The number of anilines is 1. The molecule has 0 aromatic heterocycles. The Labute approximate surface area is 203 Å². The van der Waals surface area contributed by atoms with Crippen molar-refractivity contribution in [2.24, 2.45) is 0 Å². The molecular formula is C25H27BrN2O4S. The Morgan fingerprint density at radius 2 is 1.73 bits per heavy atom. The molecule has 1 N–H and O–H groups in total. The van der Waals surface area contributed by atoms with Gasteiger partial charge in [-0.15, -0.1) is 0 Å². The first-order valence-corrected chi connectivity index (χ1v) is 12.8. The number of sulfonamides is 1. The zero-order valence-electron chi connectivity index (χ0n) is 18.8. The third-order valence-corrected chi connectivity index (χ3v) is 7.66. The lowest BCUT2D eigenvalue weighted by Crippen LogP contribution is -2.42. The molecule has 1 amide bonds. The van der Waals surface area contributed by atoms with Crippen LogP contribution in [0.1, 0.15) is 30.5 Å². The smallest absolute Gasteiger partial charge is 0.264 e. The molecule has 8 heteroatoms. The van der Waals surface area contributed by atoms with Gasteiger partial charge in [-0.1, -0.05) is 55.0 Å². The highest BCUT2D eigenvalue weighted by molar-refractivity contribution is 9.10.